The summed E-state index contributed by atoms with van der Waals surface area (Å²) in [5.74, 6) is -0.211. The number of aromatic hydroxyl groups is 1. The molecule has 0 bridgehead atoms. The first-order valence-corrected chi connectivity index (χ1v) is 11.0. The molecular weight excluding hydrogens is 511 g/mol. The van der Waals surface area contributed by atoms with Gasteiger partial charge in [-0.2, -0.15) is 0 Å². The van der Waals surface area contributed by atoms with E-state index in [9.17, 15) is 14.7 Å². The summed E-state index contributed by atoms with van der Waals surface area (Å²) < 4.78 is 11.1. The number of carbonyl (C=O) groups excluding carboxylic acids is 2. The van der Waals surface area contributed by atoms with Gasteiger partial charge in [0, 0.05) is 12.2 Å². The van der Waals surface area contributed by atoms with Crippen LogP contribution in [0.5, 0.6) is 11.5 Å². The minimum Gasteiger partial charge on any atom is -0.504 e. The third kappa shape index (κ3) is 4.95. The zero-order valence-corrected chi connectivity index (χ0v) is 19.8. The normalized spacial score (nSPS) is 16.2. The Labute approximate surface area is 195 Å². The molecule has 0 radical (unpaired) electrons. The van der Waals surface area contributed by atoms with E-state index in [-0.39, 0.29) is 24.1 Å². The van der Waals surface area contributed by atoms with Crippen LogP contribution in [0.15, 0.2) is 53.7 Å². The topological polar surface area (TPSA) is 88.1 Å². The van der Waals surface area contributed by atoms with Crippen molar-refractivity contribution in [2.45, 2.75) is 26.3 Å². The highest BCUT2D eigenvalue weighted by molar-refractivity contribution is 14.1. The molecule has 1 aliphatic rings. The van der Waals surface area contributed by atoms with Crippen molar-refractivity contribution in [3.63, 3.8) is 0 Å². The van der Waals surface area contributed by atoms with Crippen LogP contribution in [0, 0.1) is 3.57 Å². The second-order valence-electron chi connectivity index (χ2n) is 7.04. The van der Waals surface area contributed by atoms with Gasteiger partial charge in [-0.1, -0.05) is 30.3 Å². The number of phenolic OH excluding ortho intramolecular Hbond substituents is 1. The largest absolute Gasteiger partial charge is 0.504 e. The van der Waals surface area contributed by atoms with Gasteiger partial charge in [-0.15, -0.1) is 0 Å². The molecule has 0 saturated carbocycles. The second kappa shape index (κ2) is 10.0. The van der Waals surface area contributed by atoms with Crippen LogP contribution >= 0.6 is 22.6 Å². The molecule has 3 rings (SSSR count). The maximum absolute atomic E-state index is 13.0. The molecule has 7 nitrogen and oxygen atoms in total. The molecule has 2 N–H and O–H groups in total. The summed E-state index contributed by atoms with van der Waals surface area (Å²) in [5.41, 5.74) is 2.63. The van der Waals surface area contributed by atoms with Gasteiger partial charge in [-0.3, -0.25) is 4.90 Å². The third-order valence-electron chi connectivity index (χ3n) is 5.16. The number of halogens is 1. The van der Waals surface area contributed by atoms with Crippen LogP contribution in [0.25, 0.3) is 0 Å². The van der Waals surface area contributed by atoms with Gasteiger partial charge in [-0.25, -0.2) is 9.59 Å². The van der Waals surface area contributed by atoms with Crippen LogP contribution in [0.2, 0.25) is 0 Å². The van der Waals surface area contributed by atoms with Gasteiger partial charge in [0.1, 0.15) is 0 Å². The van der Waals surface area contributed by atoms with E-state index in [0.717, 1.165) is 5.56 Å². The van der Waals surface area contributed by atoms with Crippen LogP contribution in [-0.4, -0.2) is 42.3 Å². The predicted octanol–water partition coefficient (Wildman–Crippen LogP) is 4.15. The SMILES string of the molecule is CCOC(=O)C1=C(C)N(CCc2ccccc2)C(=O)N[C@@H]1c1cc(I)c(O)c(OC)c1. The Morgan fingerprint density at radius 2 is 1.97 bits per heavy atom. The van der Waals surface area contributed by atoms with E-state index in [0.29, 0.717) is 33.4 Å². The molecule has 8 heteroatoms. The van der Waals surface area contributed by atoms with E-state index in [4.69, 9.17) is 9.47 Å². The minimum atomic E-state index is -0.720. The summed E-state index contributed by atoms with van der Waals surface area (Å²) in [4.78, 5) is 27.4. The van der Waals surface area contributed by atoms with Crippen LogP contribution in [0.4, 0.5) is 4.79 Å². The smallest absolute Gasteiger partial charge is 0.338 e. The minimum absolute atomic E-state index is 0.0110. The zero-order valence-electron chi connectivity index (χ0n) is 17.6. The number of carbonyl (C=O) groups is 2. The molecule has 1 heterocycles. The quantitative estimate of drug-likeness (QED) is 0.410. The van der Waals surface area contributed by atoms with Gasteiger partial charge in [-0.05, 0) is 66.1 Å². The summed E-state index contributed by atoms with van der Waals surface area (Å²) in [6, 6.07) is 12.2. The highest BCUT2D eigenvalue weighted by Gasteiger charge is 2.37. The Hall–Kier alpha value is -2.75. The first-order valence-electron chi connectivity index (χ1n) is 9.93. The lowest BCUT2D eigenvalue weighted by atomic mass is 9.94. The summed E-state index contributed by atoms with van der Waals surface area (Å²) in [5, 5.41) is 13.1. The van der Waals surface area contributed by atoms with E-state index in [1.165, 1.54) is 7.11 Å². The average molecular weight is 536 g/mol. The molecule has 164 valence electrons. The Morgan fingerprint density at radius 3 is 2.61 bits per heavy atom. The van der Waals surface area contributed by atoms with Crippen LogP contribution in [0.3, 0.4) is 0 Å². The van der Waals surface area contributed by atoms with Crippen LogP contribution < -0.4 is 10.1 Å². The van der Waals surface area contributed by atoms with Gasteiger partial charge in [0.25, 0.3) is 0 Å². The molecule has 0 unspecified atom stereocenters. The van der Waals surface area contributed by atoms with Gasteiger partial charge in [0.05, 0.1) is 28.9 Å². The highest BCUT2D eigenvalue weighted by Crippen LogP contribution is 2.38. The number of allylic oxidation sites excluding steroid dienone is 1. The summed E-state index contributed by atoms with van der Waals surface area (Å²) in [7, 11) is 1.45. The maximum atomic E-state index is 13.0. The zero-order chi connectivity index (χ0) is 22.5. The Kier molecular flexibility index (Phi) is 7.42. The van der Waals surface area contributed by atoms with E-state index in [1.807, 2.05) is 52.9 Å². The van der Waals surface area contributed by atoms with Crippen molar-refractivity contribution in [2.24, 2.45) is 0 Å². The fourth-order valence-electron chi connectivity index (χ4n) is 3.58. The molecular formula is C23H25IN2O5. The lowest BCUT2D eigenvalue weighted by Crippen LogP contribution is -2.48. The molecule has 0 fully saturated rings. The average Bonchev–Trinajstić information content (AvgIpc) is 2.75. The lowest BCUT2D eigenvalue weighted by Gasteiger charge is -2.35. The Bertz CT molecular complexity index is 1010. The van der Waals surface area contributed by atoms with E-state index in [2.05, 4.69) is 5.32 Å². The number of benzene rings is 2. The molecule has 0 spiro atoms. The van der Waals surface area contributed by atoms with Crippen LogP contribution in [-0.2, 0) is 16.0 Å². The molecule has 0 aliphatic carbocycles. The van der Waals surface area contributed by atoms with Crippen molar-refractivity contribution in [3.05, 3.63) is 68.4 Å². The number of methoxy groups -OCH3 is 1. The molecule has 2 aromatic carbocycles. The molecule has 2 aromatic rings. The van der Waals surface area contributed by atoms with Gasteiger partial charge in [0.15, 0.2) is 11.5 Å². The number of hydrogen-bond donors (Lipinski definition) is 2. The first kappa shape index (κ1) is 22.9. The second-order valence-corrected chi connectivity index (χ2v) is 8.21. The molecule has 0 saturated heterocycles. The van der Waals surface area contributed by atoms with Crippen molar-refractivity contribution in [2.75, 3.05) is 20.3 Å². The number of ether oxygens (including phenoxy) is 2. The molecule has 31 heavy (non-hydrogen) atoms. The molecule has 2 amide bonds. The number of rotatable bonds is 7. The van der Waals surface area contributed by atoms with Gasteiger partial charge < -0.3 is 19.9 Å². The summed E-state index contributed by atoms with van der Waals surface area (Å²) >= 11 is 1.99. The van der Waals surface area contributed by atoms with Crippen LogP contribution in [0.1, 0.15) is 31.0 Å². The predicted molar refractivity (Wildman–Crippen MR) is 125 cm³/mol. The Morgan fingerprint density at radius 1 is 1.26 bits per heavy atom. The van der Waals surface area contributed by atoms with Crippen molar-refractivity contribution in [3.8, 4) is 11.5 Å². The number of urea groups is 1. The van der Waals surface area contributed by atoms with E-state index >= 15 is 0 Å². The fraction of sp³-hybridized carbons (Fsp3) is 0.304. The van der Waals surface area contributed by atoms with E-state index < -0.39 is 12.0 Å². The number of hydrogen-bond acceptors (Lipinski definition) is 5. The van der Waals surface area contributed by atoms with Crippen molar-refractivity contribution in [1.82, 2.24) is 10.2 Å². The molecule has 0 aromatic heterocycles. The number of amides is 2. The Balaban J connectivity index is 2.01. The first-order chi connectivity index (χ1) is 14.9. The summed E-state index contributed by atoms with van der Waals surface area (Å²) in [6.45, 7) is 4.14. The van der Waals surface area contributed by atoms with Crippen molar-refractivity contribution in [1.29, 1.82) is 0 Å². The van der Waals surface area contributed by atoms with Gasteiger partial charge >= 0.3 is 12.0 Å². The standard InChI is InChI=1S/C23H25IN2O5/c1-4-31-22(28)19-14(2)26(11-10-15-8-6-5-7-9-15)23(29)25-20(19)16-12-17(24)21(27)18(13-16)30-3/h5-9,12-13,20,27H,4,10-11H2,1-3H3,(H,25,29)/t20-/m1/s1. The number of nitrogens with one attached hydrogen (secondary N) is 1. The third-order valence-corrected chi connectivity index (χ3v) is 5.98. The molecule has 1 atom stereocenters. The van der Waals surface area contributed by atoms with Crippen molar-refractivity contribution < 1.29 is 24.2 Å². The monoisotopic (exact) mass is 536 g/mol. The number of nitrogens with zero attached hydrogens (tertiary/aromatic N) is 1. The van der Waals surface area contributed by atoms with Gasteiger partial charge in [0.2, 0.25) is 0 Å². The highest BCUT2D eigenvalue weighted by atomic mass is 127. The van der Waals surface area contributed by atoms with Crippen molar-refractivity contribution >= 4 is 34.6 Å². The fourth-order valence-corrected chi connectivity index (χ4v) is 4.20. The van der Waals surface area contributed by atoms with E-state index in [1.54, 1.807) is 30.9 Å². The number of esters is 1. The number of phenols is 1. The summed E-state index contributed by atoms with van der Waals surface area (Å²) in [6.07, 6.45) is 0.650. The lowest BCUT2D eigenvalue weighted by molar-refractivity contribution is -0.139. The molecule has 1 aliphatic heterocycles. The maximum Gasteiger partial charge on any atom is 0.338 e.